The molecule has 0 amide bonds. The van der Waals surface area contributed by atoms with Crippen LogP contribution in [-0.4, -0.2) is 20.5 Å². The fourth-order valence-electron chi connectivity index (χ4n) is 0.766. The maximum atomic E-state index is 11.6. The largest absolute Gasteiger partial charge is 0.591 e. The van der Waals surface area contributed by atoms with Crippen molar-refractivity contribution in [2.75, 3.05) is 0 Å². The van der Waals surface area contributed by atoms with Gasteiger partial charge in [0.05, 0.1) is 6.21 Å². The van der Waals surface area contributed by atoms with Crippen LogP contribution in [0.3, 0.4) is 0 Å². The SMILES string of the molecule is CC(C)(C)[S@+]([O-])N=Cc1cncc(Br)c1. The third kappa shape index (κ3) is 4.32. The Kier molecular flexibility index (Phi) is 4.31. The lowest BCUT2D eigenvalue weighted by molar-refractivity contribution is 0.562. The monoisotopic (exact) mass is 288 g/mol. The lowest BCUT2D eigenvalue weighted by Crippen LogP contribution is -2.25. The van der Waals surface area contributed by atoms with Crippen molar-refractivity contribution in [1.82, 2.24) is 4.98 Å². The van der Waals surface area contributed by atoms with Crippen molar-refractivity contribution < 1.29 is 4.55 Å². The van der Waals surface area contributed by atoms with Gasteiger partial charge in [0, 0.05) is 22.4 Å². The molecule has 5 heteroatoms. The summed E-state index contributed by atoms with van der Waals surface area (Å²) in [4.78, 5) is 3.99. The zero-order chi connectivity index (χ0) is 11.5. The van der Waals surface area contributed by atoms with E-state index in [-0.39, 0.29) is 4.75 Å². The van der Waals surface area contributed by atoms with Gasteiger partial charge in [-0.15, -0.1) is 0 Å². The zero-order valence-electron chi connectivity index (χ0n) is 8.90. The highest BCUT2D eigenvalue weighted by atomic mass is 79.9. The van der Waals surface area contributed by atoms with E-state index in [1.54, 1.807) is 18.6 Å². The number of hydrogen-bond donors (Lipinski definition) is 0. The molecule has 0 N–H and O–H groups in total. The van der Waals surface area contributed by atoms with Crippen LogP contribution in [0.2, 0.25) is 0 Å². The summed E-state index contributed by atoms with van der Waals surface area (Å²) in [6.07, 6.45) is 4.95. The van der Waals surface area contributed by atoms with Crippen molar-refractivity contribution in [1.29, 1.82) is 0 Å². The van der Waals surface area contributed by atoms with E-state index >= 15 is 0 Å². The van der Waals surface area contributed by atoms with Crippen LogP contribution in [0.1, 0.15) is 26.3 Å². The predicted octanol–water partition coefficient (Wildman–Crippen LogP) is 2.73. The quantitative estimate of drug-likeness (QED) is 0.621. The first-order chi connectivity index (χ1) is 6.89. The summed E-state index contributed by atoms with van der Waals surface area (Å²) in [5, 5.41) is 0. The topological polar surface area (TPSA) is 48.3 Å². The Morgan fingerprint density at radius 1 is 1.47 bits per heavy atom. The molecule has 0 saturated carbocycles. The molecule has 0 bridgehead atoms. The summed E-state index contributed by atoms with van der Waals surface area (Å²) in [6.45, 7) is 5.67. The highest BCUT2D eigenvalue weighted by Crippen LogP contribution is 2.17. The summed E-state index contributed by atoms with van der Waals surface area (Å²) >= 11 is 2.09. The summed E-state index contributed by atoms with van der Waals surface area (Å²) in [6, 6.07) is 1.87. The first kappa shape index (κ1) is 12.7. The molecule has 1 aromatic rings. The van der Waals surface area contributed by atoms with Crippen molar-refractivity contribution in [2.45, 2.75) is 25.5 Å². The molecule has 0 spiro atoms. The minimum absolute atomic E-state index is 0.323. The molecule has 82 valence electrons. The second-order valence-electron chi connectivity index (χ2n) is 4.03. The Morgan fingerprint density at radius 2 is 2.13 bits per heavy atom. The van der Waals surface area contributed by atoms with Gasteiger partial charge in [-0.2, -0.15) is 0 Å². The minimum Gasteiger partial charge on any atom is -0.591 e. The Labute approximate surface area is 101 Å². The highest BCUT2D eigenvalue weighted by molar-refractivity contribution is 9.10. The van der Waals surface area contributed by atoms with Gasteiger partial charge in [-0.05, 0) is 42.8 Å². The van der Waals surface area contributed by atoms with E-state index in [2.05, 4.69) is 25.3 Å². The molecule has 0 unspecified atom stereocenters. The van der Waals surface area contributed by atoms with E-state index in [0.29, 0.717) is 0 Å². The van der Waals surface area contributed by atoms with Crippen molar-refractivity contribution in [2.24, 2.45) is 4.40 Å². The number of pyridine rings is 1. The van der Waals surface area contributed by atoms with Crippen molar-refractivity contribution in [3.05, 3.63) is 28.5 Å². The molecular formula is C10H13BrN2OS. The van der Waals surface area contributed by atoms with E-state index in [0.717, 1.165) is 10.0 Å². The first-order valence-corrected chi connectivity index (χ1v) is 6.36. The van der Waals surface area contributed by atoms with Gasteiger partial charge >= 0.3 is 0 Å². The molecule has 1 rings (SSSR count). The predicted molar refractivity (Wildman–Crippen MR) is 67.4 cm³/mol. The molecule has 15 heavy (non-hydrogen) atoms. The maximum Gasteiger partial charge on any atom is 0.144 e. The van der Waals surface area contributed by atoms with Gasteiger partial charge in [0.1, 0.15) is 16.1 Å². The van der Waals surface area contributed by atoms with Crippen LogP contribution in [0.5, 0.6) is 0 Å². The zero-order valence-corrected chi connectivity index (χ0v) is 11.3. The average Bonchev–Trinajstić information content (AvgIpc) is 2.12. The number of hydrogen-bond acceptors (Lipinski definition) is 3. The summed E-state index contributed by atoms with van der Waals surface area (Å²) < 4.78 is 16.2. The molecule has 1 aromatic heterocycles. The Morgan fingerprint density at radius 3 is 2.67 bits per heavy atom. The summed E-state index contributed by atoms with van der Waals surface area (Å²) in [5.74, 6) is 0. The van der Waals surface area contributed by atoms with Gasteiger partial charge in [-0.3, -0.25) is 4.98 Å². The summed E-state index contributed by atoms with van der Waals surface area (Å²) in [7, 11) is 0. The van der Waals surface area contributed by atoms with Crippen molar-refractivity contribution in [3.63, 3.8) is 0 Å². The van der Waals surface area contributed by atoms with Gasteiger partial charge in [0.2, 0.25) is 0 Å². The van der Waals surface area contributed by atoms with Gasteiger partial charge < -0.3 is 4.55 Å². The standard InChI is InChI=1S/C10H13BrN2OS/c1-10(2,3)15(14)13-6-8-4-9(11)7-12-5-8/h4-7H,1-3H3/t15-/m0/s1. The van der Waals surface area contributed by atoms with Crippen LogP contribution in [-0.2, 0) is 11.4 Å². The van der Waals surface area contributed by atoms with Crippen LogP contribution in [0.15, 0.2) is 27.3 Å². The number of nitrogens with zero attached hydrogens (tertiary/aromatic N) is 2. The third-order valence-corrected chi connectivity index (χ3v) is 3.33. The summed E-state index contributed by atoms with van der Waals surface area (Å²) in [5.41, 5.74) is 0.835. The van der Waals surface area contributed by atoms with Crippen LogP contribution < -0.4 is 0 Å². The smallest absolute Gasteiger partial charge is 0.144 e. The van der Waals surface area contributed by atoms with Crippen molar-refractivity contribution >= 4 is 33.5 Å². The van der Waals surface area contributed by atoms with E-state index in [1.165, 1.54) is 0 Å². The second-order valence-corrected chi connectivity index (χ2v) is 6.88. The molecule has 0 aliphatic heterocycles. The van der Waals surface area contributed by atoms with Gasteiger partial charge in [-0.25, -0.2) is 0 Å². The molecular weight excluding hydrogens is 276 g/mol. The van der Waals surface area contributed by atoms with E-state index in [4.69, 9.17) is 0 Å². The van der Waals surface area contributed by atoms with Crippen molar-refractivity contribution in [3.8, 4) is 0 Å². The third-order valence-electron chi connectivity index (χ3n) is 1.55. The van der Waals surface area contributed by atoms with Gasteiger partial charge in [-0.1, -0.05) is 4.40 Å². The molecule has 1 atom stereocenters. The lowest BCUT2D eigenvalue weighted by Gasteiger charge is -2.17. The molecule has 0 saturated heterocycles. The highest BCUT2D eigenvalue weighted by Gasteiger charge is 2.25. The second kappa shape index (κ2) is 5.09. The minimum atomic E-state index is -1.22. The van der Waals surface area contributed by atoms with Crippen LogP contribution >= 0.6 is 15.9 Å². The molecule has 0 aliphatic carbocycles. The average molecular weight is 289 g/mol. The molecule has 1 heterocycles. The Bertz CT molecular complexity index is 363. The molecule has 3 nitrogen and oxygen atoms in total. The van der Waals surface area contributed by atoms with Crippen LogP contribution in [0.25, 0.3) is 0 Å². The van der Waals surface area contributed by atoms with E-state index < -0.39 is 11.4 Å². The van der Waals surface area contributed by atoms with E-state index in [9.17, 15) is 4.55 Å². The first-order valence-electron chi connectivity index (χ1n) is 4.46. The Hall–Kier alpha value is -0.390. The fraction of sp³-hybridized carbons (Fsp3) is 0.400. The molecule has 0 radical (unpaired) electrons. The number of rotatable bonds is 2. The Balaban J connectivity index is 2.74. The van der Waals surface area contributed by atoms with E-state index in [1.807, 2.05) is 26.8 Å². The van der Waals surface area contributed by atoms with Gasteiger partial charge in [0.25, 0.3) is 0 Å². The number of halogens is 1. The molecule has 0 fully saturated rings. The molecule has 0 aliphatic rings. The maximum absolute atomic E-state index is 11.6. The van der Waals surface area contributed by atoms with Crippen LogP contribution in [0.4, 0.5) is 0 Å². The normalized spacial score (nSPS) is 14.5. The van der Waals surface area contributed by atoms with Gasteiger partial charge in [0.15, 0.2) is 0 Å². The number of aromatic nitrogens is 1. The van der Waals surface area contributed by atoms with Crippen LogP contribution in [0, 0.1) is 0 Å². The lowest BCUT2D eigenvalue weighted by atomic mass is 10.3. The fourth-order valence-corrected chi connectivity index (χ4v) is 1.68. The molecule has 0 aromatic carbocycles.